The quantitative estimate of drug-likeness (QED) is 0.478. The first-order valence-electron chi connectivity index (χ1n) is 10.3. The molecule has 2 atom stereocenters. The van der Waals surface area contributed by atoms with E-state index < -0.39 is 26.5 Å². The Balaban J connectivity index is 1.63. The Labute approximate surface area is 183 Å². The highest BCUT2D eigenvalue weighted by molar-refractivity contribution is 6.74. The molecule has 1 saturated heterocycles. The van der Waals surface area contributed by atoms with Gasteiger partial charge in [-0.15, -0.1) is 0 Å². The molecule has 0 radical (unpaired) electrons. The van der Waals surface area contributed by atoms with E-state index in [1.807, 2.05) is 30.3 Å². The molecule has 168 valence electrons. The van der Waals surface area contributed by atoms with Crippen LogP contribution < -0.4 is 5.32 Å². The fraction of sp³-hybridized carbons (Fsp3) is 0.524. The third-order valence-corrected chi connectivity index (χ3v) is 10.6. The monoisotopic (exact) mass is 445 g/mol. The number of aromatic nitrogens is 3. The molecule has 0 spiro atoms. The molecule has 1 aliphatic heterocycles. The van der Waals surface area contributed by atoms with Gasteiger partial charge >= 0.3 is 6.09 Å². The standard InChI is InChI=1S/C21H31N5O4Si/c1-21(2,3)31(4,5)30-14-16-11-22-26(24-16)13-17-18(19(27)23-17)25(20(28)29)12-15-9-7-6-8-10-15/h6-11,17-18H,12-14H2,1-5H3,(H,23,27)(H,28,29)/t17-,18+/m1/s1. The lowest BCUT2D eigenvalue weighted by atomic mass is 9.96. The van der Waals surface area contributed by atoms with Gasteiger partial charge in [0.15, 0.2) is 8.32 Å². The Morgan fingerprint density at radius 2 is 1.97 bits per heavy atom. The number of carboxylic acid groups (broad SMARTS) is 1. The number of rotatable bonds is 8. The van der Waals surface area contributed by atoms with Gasteiger partial charge in [0.05, 0.1) is 25.4 Å². The van der Waals surface area contributed by atoms with Crippen LogP contribution in [0.5, 0.6) is 0 Å². The predicted octanol–water partition coefficient (Wildman–Crippen LogP) is 2.85. The van der Waals surface area contributed by atoms with E-state index in [9.17, 15) is 14.7 Å². The number of benzene rings is 1. The second-order valence-electron chi connectivity index (χ2n) is 9.40. The van der Waals surface area contributed by atoms with E-state index in [1.54, 1.807) is 6.20 Å². The zero-order chi connectivity index (χ0) is 22.8. The van der Waals surface area contributed by atoms with Gasteiger partial charge < -0.3 is 14.8 Å². The van der Waals surface area contributed by atoms with E-state index in [0.717, 1.165) is 5.56 Å². The van der Waals surface area contributed by atoms with Crippen molar-refractivity contribution in [3.63, 3.8) is 0 Å². The summed E-state index contributed by atoms with van der Waals surface area (Å²) in [5.74, 6) is -0.308. The zero-order valence-corrected chi connectivity index (χ0v) is 19.7. The minimum atomic E-state index is -1.90. The largest absolute Gasteiger partial charge is 0.465 e. The number of carbonyl (C=O) groups excluding carboxylic acids is 1. The van der Waals surface area contributed by atoms with Crippen molar-refractivity contribution in [1.29, 1.82) is 0 Å². The summed E-state index contributed by atoms with van der Waals surface area (Å²) in [6.45, 7) is 11.7. The molecule has 9 nitrogen and oxygen atoms in total. The minimum absolute atomic E-state index is 0.103. The van der Waals surface area contributed by atoms with Crippen LogP contribution in [-0.4, -0.2) is 57.4 Å². The van der Waals surface area contributed by atoms with Crippen molar-refractivity contribution in [2.24, 2.45) is 0 Å². The van der Waals surface area contributed by atoms with Gasteiger partial charge in [-0.2, -0.15) is 15.0 Å². The third-order valence-electron chi connectivity index (χ3n) is 6.09. The molecule has 2 N–H and O–H groups in total. The first-order valence-corrected chi connectivity index (χ1v) is 13.3. The van der Waals surface area contributed by atoms with Crippen molar-refractivity contribution in [1.82, 2.24) is 25.2 Å². The molecule has 2 amide bonds. The first kappa shape index (κ1) is 23.0. The molecular weight excluding hydrogens is 414 g/mol. The van der Waals surface area contributed by atoms with Crippen molar-refractivity contribution in [3.05, 3.63) is 47.8 Å². The van der Waals surface area contributed by atoms with Crippen molar-refractivity contribution in [2.45, 2.75) is 70.7 Å². The topological polar surface area (TPSA) is 110 Å². The van der Waals surface area contributed by atoms with Crippen LogP contribution in [0.2, 0.25) is 18.1 Å². The third kappa shape index (κ3) is 5.31. The van der Waals surface area contributed by atoms with E-state index in [1.165, 1.54) is 9.70 Å². The Hall–Kier alpha value is -2.72. The van der Waals surface area contributed by atoms with Gasteiger partial charge in [-0.05, 0) is 23.7 Å². The summed E-state index contributed by atoms with van der Waals surface area (Å²) < 4.78 is 6.18. The van der Waals surface area contributed by atoms with Crippen LogP contribution in [0, 0.1) is 0 Å². The molecule has 10 heteroatoms. The van der Waals surface area contributed by atoms with Gasteiger partial charge in [0.25, 0.3) is 0 Å². The minimum Gasteiger partial charge on any atom is -0.465 e. The molecule has 31 heavy (non-hydrogen) atoms. The highest BCUT2D eigenvalue weighted by atomic mass is 28.4. The normalized spacial score (nSPS) is 18.9. The van der Waals surface area contributed by atoms with Crippen molar-refractivity contribution in [3.8, 4) is 0 Å². The summed E-state index contributed by atoms with van der Waals surface area (Å²) in [6.07, 6.45) is 0.521. The smallest absolute Gasteiger partial charge is 0.408 e. The number of amides is 2. The summed E-state index contributed by atoms with van der Waals surface area (Å²) in [5.41, 5.74) is 1.54. The molecule has 0 unspecified atom stereocenters. The summed E-state index contributed by atoms with van der Waals surface area (Å²) in [6, 6.07) is 8.05. The SMILES string of the molecule is CC(C)(C)[Si](C)(C)OCc1cnn(C[C@H]2NC(=O)[C@H]2N(Cc2ccccc2)C(=O)O)n1. The van der Waals surface area contributed by atoms with Gasteiger partial charge in [-0.25, -0.2) is 4.79 Å². The number of nitrogens with zero attached hydrogens (tertiary/aromatic N) is 4. The van der Waals surface area contributed by atoms with Crippen molar-refractivity contribution >= 4 is 20.3 Å². The van der Waals surface area contributed by atoms with Crippen molar-refractivity contribution < 1.29 is 19.1 Å². The molecule has 2 heterocycles. The molecule has 0 saturated carbocycles. The molecule has 2 aromatic rings. The lowest BCUT2D eigenvalue weighted by Gasteiger charge is -2.42. The number of β-lactam (4-membered cyclic amide) rings is 1. The fourth-order valence-corrected chi connectivity index (χ4v) is 4.08. The summed E-state index contributed by atoms with van der Waals surface area (Å²) >= 11 is 0. The molecule has 0 bridgehead atoms. The number of carbonyl (C=O) groups is 2. The highest BCUT2D eigenvalue weighted by Gasteiger charge is 2.46. The first-order chi connectivity index (χ1) is 14.5. The Bertz CT molecular complexity index is 925. The molecule has 1 aliphatic rings. The molecule has 3 rings (SSSR count). The van der Waals surface area contributed by atoms with Crippen molar-refractivity contribution in [2.75, 3.05) is 0 Å². The average molecular weight is 446 g/mol. The second-order valence-corrected chi connectivity index (χ2v) is 14.2. The van der Waals surface area contributed by atoms with Crippen LogP contribution in [0.15, 0.2) is 36.5 Å². The number of hydrogen-bond acceptors (Lipinski definition) is 5. The second kappa shape index (κ2) is 8.79. The Morgan fingerprint density at radius 3 is 2.55 bits per heavy atom. The lowest BCUT2D eigenvalue weighted by Crippen LogP contribution is -2.70. The van der Waals surface area contributed by atoms with E-state index in [4.69, 9.17) is 4.43 Å². The van der Waals surface area contributed by atoms with E-state index in [0.29, 0.717) is 12.3 Å². The van der Waals surface area contributed by atoms with Crippen LogP contribution in [-0.2, 0) is 28.9 Å². The van der Waals surface area contributed by atoms with Crippen LogP contribution in [0.4, 0.5) is 4.79 Å². The van der Waals surface area contributed by atoms with Gasteiger partial charge in [0.2, 0.25) is 5.91 Å². The lowest BCUT2D eigenvalue weighted by molar-refractivity contribution is -0.137. The zero-order valence-electron chi connectivity index (χ0n) is 18.7. The van der Waals surface area contributed by atoms with E-state index >= 15 is 0 Å². The van der Waals surface area contributed by atoms with E-state index in [-0.39, 0.29) is 24.0 Å². The van der Waals surface area contributed by atoms with Gasteiger partial charge in [-0.1, -0.05) is 51.1 Å². The van der Waals surface area contributed by atoms with Gasteiger partial charge in [0, 0.05) is 6.54 Å². The maximum Gasteiger partial charge on any atom is 0.408 e. The maximum atomic E-state index is 12.2. The van der Waals surface area contributed by atoms with Crippen LogP contribution in [0.25, 0.3) is 0 Å². The highest BCUT2D eigenvalue weighted by Crippen LogP contribution is 2.36. The average Bonchev–Trinajstić information content (AvgIpc) is 3.13. The number of hydrogen-bond donors (Lipinski definition) is 2. The molecular formula is C21H31N5O4Si. The summed E-state index contributed by atoms with van der Waals surface area (Å²) in [5, 5.41) is 21.3. The molecule has 1 fully saturated rings. The van der Waals surface area contributed by atoms with Gasteiger partial charge in [0.1, 0.15) is 11.7 Å². The fourth-order valence-electron chi connectivity index (χ4n) is 3.14. The van der Waals surface area contributed by atoms with Crippen LogP contribution >= 0.6 is 0 Å². The molecule has 0 aliphatic carbocycles. The molecule has 1 aromatic heterocycles. The van der Waals surface area contributed by atoms with Crippen LogP contribution in [0.1, 0.15) is 32.0 Å². The summed E-state index contributed by atoms with van der Waals surface area (Å²) in [4.78, 5) is 26.7. The van der Waals surface area contributed by atoms with Gasteiger partial charge in [-0.3, -0.25) is 9.69 Å². The van der Waals surface area contributed by atoms with E-state index in [2.05, 4.69) is 49.4 Å². The molecule has 1 aromatic carbocycles. The Kier molecular flexibility index (Phi) is 6.51. The summed E-state index contributed by atoms with van der Waals surface area (Å²) in [7, 11) is -1.90. The Morgan fingerprint density at radius 1 is 1.29 bits per heavy atom. The number of nitrogens with one attached hydrogen (secondary N) is 1. The maximum absolute atomic E-state index is 12.2. The van der Waals surface area contributed by atoms with Crippen LogP contribution in [0.3, 0.4) is 0 Å². The predicted molar refractivity (Wildman–Crippen MR) is 118 cm³/mol.